The Morgan fingerprint density at radius 1 is 1.35 bits per heavy atom. The summed E-state index contributed by atoms with van der Waals surface area (Å²) < 4.78 is 11.0. The number of nitrogens with one attached hydrogen (secondary N) is 2. The van der Waals surface area contributed by atoms with Crippen LogP contribution in [0.15, 0.2) is 21.5 Å². The summed E-state index contributed by atoms with van der Waals surface area (Å²) in [5.74, 6) is 2.44. The summed E-state index contributed by atoms with van der Waals surface area (Å²) >= 11 is 0. The second-order valence-corrected chi connectivity index (χ2v) is 7.54. The highest BCUT2D eigenvalue weighted by atomic mass is 16.6. The summed E-state index contributed by atoms with van der Waals surface area (Å²) in [6, 6.07) is 3.95. The van der Waals surface area contributed by atoms with Crippen molar-refractivity contribution < 1.29 is 13.9 Å². The summed E-state index contributed by atoms with van der Waals surface area (Å²) in [6.07, 6.45) is 0.458. The SMILES string of the molecule is CN=C(NCCC(C)N(C)C(=O)OC(C)(C)C)NC(C)c1ccc(C)o1. The molecular formula is C19H34N4O3. The van der Waals surface area contributed by atoms with Crippen molar-refractivity contribution in [1.29, 1.82) is 0 Å². The first-order valence-electron chi connectivity index (χ1n) is 9.02. The Labute approximate surface area is 157 Å². The zero-order chi connectivity index (χ0) is 19.9. The molecule has 148 valence electrons. The predicted molar refractivity (Wildman–Crippen MR) is 104 cm³/mol. The van der Waals surface area contributed by atoms with E-state index in [2.05, 4.69) is 15.6 Å². The lowest BCUT2D eigenvalue weighted by Crippen LogP contribution is -2.43. The molecule has 0 aliphatic rings. The van der Waals surface area contributed by atoms with E-state index < -0.39 is 5.60 Å². The van der Waals surface area contributed by atoms with Gasteiger partial charge in [-0.2, -0.15) is 0 Å². The van der Waals surface area contributed by atoms with Crippen LogP contribution in [0.3, 0.4) is 0 Å². The molecule has 2 N–H and O–H groups in total. The van der Waals surface area contributed by atoms with Gasteiger partial charge in [0.05, 0.1) is 6.04 Å². The molecule has 0 spiro atoms. The third kappa shape index (κ3) is 7.37. The molecule has 2 unspecified atom stereocenters. The number of guanidine groups is 1. The number of rotatable bonds is 6. The normalized spacial score (nSPS) is 14.5. The van der Waals surface area contributed by atoms with E-state index in [4.69, 9.17) is 9.15 Å². The molecule has 0 aliphatic carbocycles. The quantitative estimate of drug-likeness (QED) is 0.595. The summed E-state index contributed by atoms with van der Waals surface area (Å²) in [4.78, 5) is 17.9. The van der Waals surface area contributed by atoms with E-state index in [1.807, 2.05) is 53.7 Å². The third-order valence-corrected chi connectivity index (χ3v) is 3.96. The summed E-state index contributed by atoms with van der Waals surface area (Å²) in [7, 11) is 3.48. The van der Waals surface area contributed by atoms with Crippen LogP contribution in [0.4, 0.5) is 4.79 Å². The van der Waals surface area contributed by atoms with Crippen LogP contribution in [0.2, 0.25) is 0 Å². The van der Waals surface area contributed by atoms with E-state index in [9.17, 15) is 4.79 Å². The average Bonchev–Trinajstić information content (AvgIpc) is 2.97. The number of aryl methyl sites for hydroxylation is 1. The molecule has 1 amide bonds. The zero-order valence-corrected chi connectivity index (χ0v) is 17.3. The maximum atomic E-state index is 12.1. The Morgan fingerprint density at radius 3 is 2.50 bits per heavy atom. The zero-order valence-electron chi connectivity index (χ0n) is 17.3. The van der Waals surface area contributed by atoms with E-state index in [1.54, 1.807) is 19.0 Å². The molecule has 7 heteroatoms. The molecule has 0 bridgehead atoms. The van der Waals surface area contributed by atoms with Crippen LogP contribution >= 0.6 is 0 Å². The third-order valence-electron chi connectivity index (χ3n) is 3.96. The molecule has 0 saturated carbocycles. The van der Waals surface area contributed by atoms with Crippen molar-refractivity contribution in [1.82, 2.24) is 15.5 Å². The van der Waals surface area contributed by atoms with Gasteiger partial charge < -0.3 is 24.7 Å². The van der Waals surface area contributed by atoms with Gasteiger partial charge in [0, 0.05) is 26.7 Å². The Hall–Kier alpha value is -2.18. The molecule has 1 aromatic rings. The van der Waals surface area contributed by atoms with Crippen molar-refractivity contribution in [2.75, 3.05) is 20.6 Å². The molecule has 0 fully saturated rings. The maximum absolute atomic E-state index is 12.1. The molecular weight excluding hydrogens is 332 g/mol. The van der Waals surface area contributed by atoms with Crippen molar-refractivity contribution in [2.24, 2.45) is 4.99 Å². The number of hydrogen-bond acceptors (Lipinski definition) is 4. The van der Waals surface area contributed by atoms with Crippen LogP contribution < -0.4 is 10.6 Å². The van der Waals surface area contributed by atoms with Gasteiger partial charge in [-0.15, -0.1) is 0 Å². The Balaban J connectivity index is 2.43. The lowest BCUT2D eigenvalue weighted by molar-refractivity contribution is 0.0230. The van der Waals surface area contributed by atoms with Gasteiger partial charge in [-0.05, 0) is 60.1 Å². The first kappa shape index (κ1) is 21.9. The van der Waals surface area contributed by atoms with Crippen molar-refractivity contribution in [3.05, 3.63) is 23.7 Å². The standard InChI is InChI=1S/C19H34N4O3/c1-13(23(8)18(24)26-19(4,5)6)11-12-21-17(20-7)22-15(3)16-10-9-14(2)25-16/h9-10,13,15H,11-12H2,1-8H3,(H2,20,21,22). The lowest BCUT2D eigenvalue weighted by atomic mass is 10.2. The largest absolute Gasteiger partial charge is 0.464 e. The highest BCUT2D eigenvalue weighted by Gasteiger charge is 2.22. The molecule has 26 heavy (non-hydrogen) atoms. The fraction of sp³-hybridized carbons (Fsp3) is 0.684. The predicted octanol–water partition coefficient (Wildman–Crippen LogP) is 3.46. The fourth-order valence-corrected chi connectivity index (χ4v) is 2.26. The van der Waals surface area contributed by atoms with E-state index in [0.29, 0.717) is 12.5 Å². The Kier molecular flexibility index (Phi) is 7.99. The van der Waals surface area contributed by atoms with Crippen molar-refractivity contribution in [3.63, 3.8) is 0 Å². The van der Waals surface area contributed by atoms with Gasteiger partial charge in [-0.1, -0.05) is 0 Å². The molecule has 1 heterocycles. The second kappa shape index (κ2) is 9.50. The summed E-state index contributed by atoms with van der Waals surface area (Å²) in [6.45, 7) is 12.2. The minimum Gasteiger partial charge on any atom is -0.464 e. The fourth-order valence-electron chi connectivity index (χ4n) is 2.26. The van der Waals surface area contributed by atoms with Crippen molar-refractivity contribution >= 4 is 12.1 Å². The Morgan fingerprint density at radius 2 is 2.00 bits per heavy atom. The molecule has 1 rings (SSSR count). The van der Waals surface area contributed by atoms with Gasteiger partial charge in [-0.3, -0.25) is 4.99 Å². The number of hydrogen-bond donors (Lipinski definition) is 2. The maximum Gasteiger partial charge on any atom is 0.410 e. The molecule has 2 atom stereocenters. The van der Waals surface area contributed by atoms with Gasteiger partial charge in [0.2, 0.25) is 0 Å². The van der Waals surface area contributed by atoms with Crippen LogP contribution in [-0.4, -0.2) is 49.2 Å². The lowest BCUT2D eigenvalue weighted by Gasteiger charge is -2.29. The number of carbonyl (C=O) groups excluding carboxylic acids is 1. The van der Waals surface area contributed by atoms with Gasteiger partial charge in [0.15, 0.2) is 5.96 Å². The summed E-state index contributed by atoms with van der Waals surface area (Å²) in [5.41, 5.74) is -0.490. The first-order chi connectivity index (χ1) is 12.0. The van der Waals surface area contributed by atoms with Crippen LogP contribution in [0, 0.1) is 6.92 Å². The van der Waals surface area contributed by atoms with Gasteiger partial charge >= 0.3 is 6.09 Å². The molecule has 0 aromatic carbocycles. The van der Waals surface area contributed by atoms with Gasteiger partial charge in [-0.25, -0.2) is 4.79 Å². The van der Waals surface area contributed by atoms with E-state index in [-0.39, 0.29) is 18.2 Å². The van der Waals surface area contributed by atoms with E-state index in [0.717, 1.165) is 17.9 Å². The summed E-state index contributed by atoms with van der Waals surface area (Å²) in [5, 5.41) is 6.56. The van der Waals surface area contributed by atoms with Crippen LogP contribution in [0.1, 0.15) is 58.6 Å². The first-order valence-corrected chi connectivity index (χ1v) is 9.02. The van der Waals surface area contributed by atoms with Gasteiger partial charge in [0.1, 0.15) is 17.1 Å². The molecule has 7 nitrogen and oxygen atoms in total. The number of ether oxygens (including phenoxy) is 1. The minimum atomic E-state index is -0.490. The van der Waals surface area contributed by atoms with Crippen molar-refractivity contribution in [3.8, 4) is 0 Å². The van der Waals surface area contributed by atoms with Crippen LogP contribution in [0.25, 0.3) is 0 Å². The molecule has 1 aromatic heterocycles. The number of carbonyl (C=O) groups is 1. The minimum absolute atomic E-state index is 0.0109. The van der Waals surface area contributed by atoms with Gasteiger partial charge in [0.25, 0.3) is 0 Å². The topological polar surface area (TPSA) is 79.1 Å². The smallest absolute Gasteiger partial charge is 0.410 e. The highest BCUT2D eigenvalue weighted by molar-refractivity contribution is 5.80. The Bertz CT molecular complexity index is 604. The van der Waals surface area contributed by atoms with E-state index >= 15 is 0 Å². The van der Waals surface area contributed by atoms with Crippen molar-refractivity contribution in [2.45, 2.75) is 65.6 Å². The number of amides is 1. The van der Waals surface area contributed by atoms with E-state index in [1.165, 1.54) is 0 Å². The number of aliphatic imine (C=N–C) groups is 1. The molecule has 0 saturated heterocycles. The second-order valence-electron chi connectivity index (χ2n) is 7.54. The molecule has 0 aliphatic heterocycles. The molecule has 0 radical (unpaired) electrons. The number of furan rings is 1. The van der Waals surface area contributed by atoms with Crippen LogP contribution in [-0.2, 0) is 4.74 Å². The number of nitrogens with zero attached hydrogens (tertiary/aromatic N) is 2. The highest BCUT2D eigenvalue weighted by Crippen LogP contribution is 2.15. The monoisotopic (exact) mass is 366 g/mol. The van der Waals surface area contributed by atoms with Crippen LogP contribution in [0.5, 0.6) is 0 Å². The average molecular weight is 367 g/mol.